The maximum atomic E-state index is 11.7. The first-order chi connectivity index (χ1) is 14.5. The monoisotopic (exact) mass is 424 g/mol. The molecule has 1 saturated carbocycles. The van der Waals surface area contributed by atoms with Crippen LogP contribution < -0.4 is 0 Å². The van der Waals surface area contributed by atoms with Crippen molar-refractivity contribution in [2.45, 2.75) is 77.6 Å². The molecule has 1 aromatic rings. The molecule has 3 nitrogen and oxygen atoms in total. The van der Waals surface area contributed by atoms with Crippen molar-refractivity contribution in [2.75, 3.05) is 20.3 Å². The number of ether oxygens (including phenoxy) is 2. The second-order valence-electron chi connectivity index (χ2n) is 10.9. The average Bonchev–Trinajstić information content (AvgIpc) is 3.27. The molecule has 0 heterocycles. The molecular formula is C28H40O3. The molecule has 3 rings (SSSR count). The van der Waals surface area contributed by atoms with Gasteiger partial charge in [-0.1, -0.05) is 65.0 Å². The number of esters is 1. The Balaban J connectivity index is 1.92. The summed E-state index contributed by atoms with van der Waals surface area (Å²) >= 11 is 0. The maximum Gasteiger partial charge on any atom is 0.330 e. The smallest absolute Gasteiger partial charge is 0.330 e. The van der Waals surface area contributed by atoms with Crippen LogP contribution in [0.2, 0.25) is 0 Å². The lowest BCUT2D eigenvalue weighted by Gasteiger charge is -2.42. The lowest BCUT2D eigenvalue weighted by molar-refractivity contribution is -0.137. The summed E-state index contributed by atoms with van der Waals surface area (Å²) in [6.07, 6.45) is 8.32. The molecule has 2 aliphatic carbocycles. The zero-order valence-corrected chi connectivity index (χ0v) is 20.7. The van der Waals surface area contributed by atoms with Gasteiger partial charge in [0.05, 0.1) is 13.2 Å². The van der Waals surface area contributed by atoms with E-state index >= 15 is 0 Å². The highest BCUT2D eigenvalue weighted by Crippen LogP contribution is 2.61. The van der Waals surface area contributed by atoms with Crippen molar-refractivity contribution in [2.24, 2.45) is 11.8 Å². The Morgan fingerprint density at radius 2 is 1.74 bits per heavy atom. The van der Waals surface area contributed by atoms with E-state index < -0.39 is 0 Å². The lowest BCUT2D eigenvalue weighted by atomic mass is 9.62. The molecule has 0 radical (unpaired) electrons. The van der Waals surface area contributed by atoms with Gasteiger partial charge in [0.2, 0.25) is 0 Å². The van der Waals surface area contributed by atoms with Crippen molar-refractivity contribution < 1.29 is 14.3 Å². The number of allylic oxidation sites excluding steroid dienone is 3. The molecule has 170 valence electrons. The third kappa shape index (κ3) is 4.53. The van der Waals surface area contributed by atoms with Crippen LogP contribution in [0.15, 0.2) is 42.0 Å². The first-order valence-corrected chi connectivity index (χ1v) is 11.6. The minimum atomic E-state index is -0.281. The van der Waals surface area contributed by atoms with Gasteiger partial charge in [0.25, 0.3) is 0 Å². The molecule has 0 bridgehead atoms. The zero-order chi connectivity index (χ0) is 23.0. The molecule has 1 fully saturated rings. The zero-order valence-electron chi connectivity index (χ0n) is 20.7. The molecule has 0 spiro atoms. The van der Waals surface area contributed by atoms with Gasteiger partial charge in [-0.15, -0.1) is 0 Å². The fraction of sp³-hybridized carbons (Fsp3) is 0.607. The molecule has 0 aromatic heterocycles. The van der Waals surface area contributed by atoms with Crippen molar-refractivity contribution in [3.8, 4) is 0 Å². The lowest BCUT2D eigenvalue weighted by Crippen LogP contribution is -2.34. The summed E-state index contributed by atoms with van der Waals surface area (Å²) in [5.74, 6) is 0.536. The molecule has 0 saturated heterocycles. The third-order valence-electron chi connectivity index (χ3n) is 7.81. The first-order valence-electron chi connectivity index (χ1n) is 11.6. The van der Waals surface area contributed by atoms with Crippen molar-refractivity contribution in [3.05, 3.63) is 58.7 Å². The van der Waals surface area contributed by atoms with E-state index in [0.717, 1.165) is 12.2 Å². The Bertz CT molecular complexity index is 890. The van der Waals surface area contributed by atoms with Crippen LogP contribution in [0.5, 0.6) is 0 Å². The molecular weight excluding hydrogens is 384 g/mol. The summed E-state index contributed by atoms with van der Waals surface area (Å²) in [5.41, 5.74) is 5.80. The van der Waals surface area contributed by atoms with E-state index in [1.165, 1.54) is 29.5 Å². The predicted octanol–water partition coefficient (Wildman–Crippen LogP) is 6.25. The largest absolute Gasteiger partial charge is 0.463 e. The van der Waals surface area contributed by atoms with E-state index in [9.17, 15) is 4.79 Å². The SMILES string of the molecule is CCOC(=O)/C=C(C)/C=C/[C@@H]1[C@@H](COC)[C@@]1(C)c1ccc2c(c1)C(C)(C)CCC2(C)C. The topological polar surface area (TPSA) is 35.5 Å². The number of benzene rings is 1. The van der Waals surface area contributed by atoms with Crippen molar-refractivity contribution in [1.82, 2.24) is 0 Å². The maximum absolute atomic E-state index is 11.7. The van der Waals surface area contributed by atoms with Gasteiger partial charge in [0.1, 0.15) is 0 Å². The van der Waals surface area contributed by atoms with Crippen LogP contribution in [-0.4, -0.2) is 26.3 Å². The van der Waals surface area contributed by atoms with Gasteiger partial charge in [-0.2, -0.15) is 0 Å². The summed E-state index contributed by atoms with van der Waals surface area (Å²) in [4.78, 5) is 11.7. The molecule has 0 unspecified atom stereocenters. The predicted molar refractivity (Wildman–Crippen MR) is 127 cm³/mol. The summed E-state index contributed by atoms with van der Waals surface area (Å²) in [5, 5.41) is 0. The molecule has 0 aliphatic heterocycles. The van der Waals surface area contributed by atoms with E-state index in [1.807, 2.05) is 13.8 Å². The standard InChI is InChI=1S/C28H40O3/c1-9-31-25(29)16-19(2)10-12-22-24(18-30-8)28(22,7)20-11-13-21-23(17-20)27(5,6)15-14-26(21,3)4/h10-13,16-17,22,24H,9,14-15,18H2,1-8H3/b12-10+,19-16+/t22-,24-,28+/m1/s1. The van der Waals surface area contributed by atoms with Gasteiger partial charge in [-0.05, 0) is 71.6 Å². The second kappa shape index (κ2) is 8.58. The van der Waals surface area contributed by atoms with Crippen molar-refractivity contribution >= 4 is 5.97 Å². The number of methoxy groups -OCH3 is 1. The molecule has 2 aliphatic rings. The van der Waals surface area contributed by atoms with Crippen LogP contribution in [0.4, 0.5) is 0 Å². The highest BCUT2D eigenvalue weighted by molar-refractivity contribution is 5.83. The van der Waals surface area contributed by atoms with Crippen LogP contribution in [0.25, 0.3) is 0 Å². The number of carbonyl (C=O) groups excluding carboxylic acids is 1. The van der Waals surface area contributed by atoms with Crippen LogP contribution in [-0.2, 0) is 30.5 Å². The molecule has 0 N–H and O–H groups in total. The molecule has 0 amide bonds. The van der Waals surface area contributed by atoms with Gasteiger partial charge in [-0.3, -0.25) is 0 Å². The number of carbonyl (C=O) groups is 1. The second-order valence-corrected chi connectivity index (χ2v) is 10.9. The van der Waals surface area contributed by atoms with E-state index in [-0.39, 0.29) is 22.2 Å². The summed E-state index contributed by atoms with van der Waals surface area (Å²) in [7, 11) is 1.78. The van der Waals surface area contributed by atoms with Gasteiger partial charge in [0, 0.05) is 18.6 Å². The Labute approximate surface area is 188 Å². The minimum Gasteiger partial charge on any atom is -0.463 e. The van der Waals surface area contributed by atoms with Gasteiger partial charge in [-0.25, -0.2) is 4.79 Å². The average molecular weight is 425 g/mol. The van der Waals surface area contributed by atoms with E-state index in [4.69, 9.17) is 9.47 Å². The fourth-order valence-corrected chi connectivity index (χ4v) is 5.43. The quantitative estimate of drug-likeness (QED) is 0.295. The highest BCUT2D eigenvalue weighted by atomic mass is 16.5. The van der Waals surface area contributed by atoms with Gasteiger partial charge >= 0.3 is 5.97 Å². The number of hydrogen-bond donors (Lipinski definition) is 0. The Kier molecular flexibility index (Phi) is 6.58. The van der Waals surface area contributed by atoms with Crippen molar-refractivity contribution in [3.63, 3.8) is 0 Å². The van der Waals surface area contributed by atoms with Crippen LogP contribution in [0.3, 0.4) is 0 Å². The number of rotatable bonds is 7. The Morgan fingerprint density at radius 3 is 2.35 bits per heavy atom. The van der Waals surface area contributed by atoms with Crippen LogP contribution >= 0.6 is 0 Å². The third-order valence-corrected chi connectivity index (χ3v) is 7.81. The number of hydrogen-bond acceptors (Lipinski definition) is 3. The van der Waals surface area contributed by atoms with Crippen molar-refractivity contribution in [1.29, 1.82) is 0 Å². The van der Waals surface area contributed by atoms with E-state index in [1.54, 1.807) is 13.2 Å². The molecule has 3 atom stereocenters. The van der Waals surface area contributed by atoms with E-state index in [2.05, 4.69) is 65.0 Å². The first kappa shape index (κ1) is 23.8. The number of fused-ring (bicyclic) bond motifs is 1. The highest BCUT2D eigenvalue weighted by Gasteiger charge is 2.60. The molecule has 3 heteroatoms. The summed E-state index contributed by atoms with van der Waals surface area (Å²) in [6.45, 7) is 16.8. The van der Waals surface area contributed by atoms with E-state index in [0.29, 0.717) is 18.4 Å². The Hall–Kier alpha value is -1.87. The summed E-state index contributed by atoms with van der Waals surface area (Å²) < 4.78 is 10.6. The Morgan fingerprint density at radius 1 is 1.10 bits per heavy atom. The minimum absolute atomic E-state index is 0.0451. The molecule has 1 aromatic carbocycles. The normalized spacial score (nSPS) is 29.0. The molecule has 31 heavy (non-hydrogen) atoms. The summed E-state index contributed by atoms with van der Waals surface area (Å²) in [6, 6.07) is 7.21. The van der Waals surface area contributed by atoms with Crippen LogP contribution in [0, 0.1) is 11.8 Å². The van der Waals surface area contributed by atoms with Crippen LogP contribution in [0.1, 0.15) is 78.0 Å². The van der Waals surface area contributed by atoms with Gasteiger partial charge in [0.15, 0.2) is 0 Å². The van der Waals surface area contributed by atoms with Gasteiger partial charge < -0.3 is 9.47 Å². The fourth-order valence-electron chi connectivity index (χ4n) is 5.43.